The Hall–Kier alpha value is -3.88. The molecule has 0 saturated heterocycles. The largest absolute Gasteiger partial charge is 0.756 e. The van der Waals surface area contributed by atoms with Crippen LogP contribution in [0.25, 0.3) is 0 Å². The van der Waals surface area contributed by atoms with Crippen LogP contribution in [0.4, 0.5) is 0 Å². The van der Waals surface area contributed by atoms with Gasteiger partial charge in [-0.05, 0) is 122 Å². The predicted molar refractivity (Wildman–Crippen MR) is 357 cm³/mol. The average molecular weight is 1160 g/mol. The van der Waals surface area contributed by atoms with Crippen molar-refractivity contribution in [1.82, 2.24) is 5.32 Å². The fraction of sp³-hybridized carbons (Fsp3) is 0.630. The van der Waals surface area contributed by atoms with Gasteiger partial charge in [-0.15, -0.1) is 0 Å². The van der Waals surface area contributed by atoms with E-state index in [1.54, 1.807) is 6.08 Å². The molecule has 466 valence electrons. The third kappa shape index (κ3) is 63.7. The first-order chi connectivity index (χ1) is 40.0. The second-order valence-electron chi connectivity index (χ2n) is 22.7. The standard InChI is InChI=1S/C73H123N2O6P/c1-6-8-10-12-14-16-18-20-22-24-26-27-28-29-30-31-32-33-34-35-36-37-38-39-40-41-42-43-44-45-46-47-49-51-53-55-57-59-61-63-65-67-73(77)74-71(70-81-82(78,79)80-69-68-75(3,4)5)72(76)66-64-62-60-58-56-54-52-50-48-25-23-21-19-17-15-13-11-9-7-2/h8,10,14,16,20,22,26-27,29-30,32-33,35-36,38-39,41-42,44-45,48,50,56,58,64,66,71-72,76H,6-7,9,11-13,15,17-19,21,23-25,28,31,34,37,40,43,46-47,49,51-55,57,59-63,65,67-70H2,1-5H3,(H-,74,77,78,79)/b10-8-,16-14-,22-20-,27-26-,30-29-,33-32-,36-35-,39-38-,42-41-,45-44-,50-48+,58-56+,66-64+. The predicted octanol–water partition coefficient (Wildman–Crippen LogP) is 20.4. The van der Waals surface area contributed by atoms with Gasteiger partial charge in [0.25, 0.3) is 7.82 Å². The Morgan fingerprint density at radius 1 is 0.439 bits per heavy atom. The first kappa shape index (κ1) is 78.1. The number of hydrogen-bond donors (Lipinski definition) is 2. The molecule has 0 fully saturated rings. The molecule has 0 aliphatic heterocycles. The molecule has 0 rings (SSSR count). The number of carbonyl (C=O) groups excluding carboxylic acids is 1. The summed E-state index contributed by atoms with van der Waals surface area (Å²) in [5.74, 6) is -0.222. The van der Waals surface area contributed by atoms with Crippen LogP contribution in [-0.2, 0) is 18.4 Å². The summed E-state index contributed by atoms with van der Waals surface area (Å²) >= 11 is 0. The van der Waals surface area contributed by atoms with Crippen molar-refractivity contribution in [3.63, 3.8) is 0 Å². The van der Waals surface area contributed by atoms with Crippen LogP contribution in [0.3, 0.4) is 0 Å². The zero-order chi connectivity index (χ0) is 59.8. The van der Waals surface area contributed by atoms with Crippen LogP contribution in [0.2, 0.25) is 0 Å². The summed E-state index contributed by atoms with van der Waals surface area (Å²) in [4.78, 5) is 25.6. The molecule has 2 N–H and O–H groups in total. The lowest BCUT2D eigenvalue weighted by molar-refractivity contribution is -0.870. The Morgan fingerprint density at radius 2 is 0.756 bits per heavy atom. The van der Waals surface area contributed by atoms with E-state index in [4.69, 9.17) is 9.05 Å². The van der Waals surface area contributed by atoms with Crippen LogP contribution in [0.15, 0.2) is 158 Å². The maximum atomic E-state index is 13.0. The fourth-order valence-corrected chi connectivity index (χ4v) is 9.35. The third-order valence-corrected chi connectivity index (χ3v) is 14.7. The number of allylic oxidation sites excluding steroid dienone is 25. The van der Waals surface area contributed by atoms with Crippen molar-refractivity contribution in [2.45, 2.75) is 257 Å². The second-order valence-corrected chi connectivity index (χ2v) is 24.1. The Labute approximate surface area is 505 Å². The van der Waals surface area contributed by atoms with Crippen molar-refractivity contribution >= 4 is 13.7 Å². The van der Waals surface area contributed by atoms with Crippen LogP contribution in [0.1, 0.15) is 245 Å². The number of likely N-dealkylation sites (N-methyl/N-ethyl adjacent to an activating group) is 1. The molecule has 82 heavy (non-hydrogen) atoms. The number of nitrogens with one attached hydrogen (secondary N) is 1. The maximum absolute atomic E-state index is 13.0. The topological polar surface area (TPSA) is 108 Å². The highest BCUT2D eigenvalue weighted by Crippen LogP contribution is 2.38. The smallest absolute Gasteiger partial charge is 0.268 e. The van der Waals surface area contributed by atoms with Crippen molar-refractivity contribution in [2.24, 2.45) is 0 Å². The molecule has 3 atom stereocenters. The fourth-order valence-electron chi connectivity index (χ4n) is 8.62. The Morgan fingerprint density at radius 3 is 1.13 bits per heavy atom. The molecule has 0 spiro atoms. The molecule has 0 heterocycles. The monoisotopic (exact) mass is 1150 g/mol. The minimum Gasteiger partial charge on any atom is -0.756 e. The van der Waals surface area contributed by atoms with Crippen LogP contribution < -0.4 is 10.2 Å². The van der Waals surface area contributed by atoms with Crippen LogP contribution in [0, 0.1) is 0 Å². The van der Waals surface area contributed by atoms with Gasteiger partial charge in [-0.1, -0.05) is 275 Å². The van der Waals surface area contributed by atoms with Crippen molar-refractivity contribution in [2.75, 3.05) is 40.9 Å². The highest BCUT2D eigenvalue weighted by atomic mass is 31.2. The molecule has 3 unspecified atom stereocenters. The normalized spacial score (nSPS) is 14.8. The molecule has 0 aromatic heterocycles. The zero-order valence-corrected chi connectivity index (χ0v) is 54.0. The first-order valence-electron chi connectivity index (χ1n) is 32.8. The number of amides is 1. The minimum atomic E-state index is -4.62. The Kier molecular flexibility index (Phi) is 58.8. The number of unbranched alkanes of at least 4 members (excludes halogenated alkanes) is 21. The summed E-state index contributed by atoms with van der Waals surface area (Å²) in [5.41, 5.74) is 0. The molecule has 0 radical (unpaired) electrons. The summed E-state index contributed by atoms with van der Waals surface area (Å²) in [6.07, 6.45) is 96.3. The first-order valence-corrected chi connectivity index (χ1v) is 34.3. The van der Waals surface area contributed by atoms with Gasteiger partial charge in [-0.25, -0.2) is 0 Å². The van der Waals surface area contributed by atoms with E-state index >= 15 is 0 Å². The molecule has 1 amide bonds. The summed E-state index contributed by atoms with van der Waals surface area (Å²) in [6, 6.07) is -0.924. The van der Waals surface area contributed by atoms with E-state index in [0.29, 0.717) is 17.4 Å². The number of rotatable bonds is 58. The zero-order valence-electron chi connectivity index (χ0n) is 53.1. The molecular formula is C73H123N2O6P. The maximum Gasteiger partial charge on any atom is 0.268 e. The SMILES string of the molecule is CC/C=C\C/C=C\C/C=C\C/C=C\C/C=C\C/C=C\C/C=C\C/C=C\C/C=C\C/C=C\CCCCCCCCCCCCC(=O)NC(COP(=O)([O-])OCC[N+](C)(C)C)C(O)/C=C/CC/C=C/CC/C=C/CCCCCCCCCCC. The molecule has 0 aliphatic carbocycles. The molecule has 8 nitrogen and oxygen atoms in total. The average Bonchev–Trinajstić information content (AvgIpc) is 3.47. The summed E-state index contributed by atoms with van der Waals surface area (Å²) in [6.45, 7) is 4.49. The highest BCUT2D eigenvalue weighted by Gasteiger charge is 2.23. The van der Waals surface area contributed by atoms with E-state index in [0.717, 1.165) is 122 Å². The number of aliphatic hydroxyl groups is 1. The molecule has 0 saturated carbocycles. The second kappa shape index (κ2) is 61.7. The number of phosphoric ester groups is 1. The molecule has 9 heteroatoms. The summed E-state index contributed by atoms with van der Waals surface area (Å²) in [5, 5.41) is 13.9. The van der Waals surface area contributed by atoms with Gasteiger partial charge in [0, 0.05) is 6.42 Å². The third-order valence-electron chi connectivity index (χ3n) is 13.7. The quantitative estimate of drug-likeness (QED) is 0.0272. The molecule has 0 aliphatic rings. The van der Waals surface area contributed by atoms with E-state index in [1.165, 1.54) is 103 Å². The Bertz CT molecular complexity index is 1890. The van der Waals surface area contributed by atoms with Gasteiger partial charge in [0.05, 0.1) is 39.9 Å². The van der Waals surface area contributed by atoms with E-state index in [1.807, 2.05) is 27.2 Å². The lowest BCUT2D eigenvalue weighted by Gasteiger charge is -2.29. The van der Waals surface area contributed by atoms with Crippen molar-refractivity contribution in [3.05, 3.63) is 158 Å². The van der Waals surface area contributed by atoms with E-state index < -0.39 is 26.6 Å². The molecular weight excluding hydrogens is 1030 g/mol. The molecule has 0 aromatic rings. The molecule has 0 bridgehead atoms. The number of hydrogen-bond acceptors (Lipinski definition) is 6. The van der Waals surface area contributed by atoms with Gasteiger partial charge in [0.1, 0.15) is 13.2 Å². The minimum absolute atomic E-state index is 0.0172. The van der Waals surface area contributed by atoms with E-state index in [2.05, 4.69) is 165 Å². The van der Waals surface area contributed by atoms with Gasteiger partial charge >= 0.3 is 0 Å². The lowest BCUT2D eigenvalue weighted by atomic mass is 10.0. The van der Waals surface area contributed by atoms with Gasteiger partial charge in [-0.3, -0.25) is 9.36 Å². The van der Waals surface area contributed by atoms with Gasteiger partial charge in [0.15, 0.2) is 0 Å². The number of phosphoric acid groups is 1. The van der Waals surface area contributed by atoms with E-state index in [9.17, 15) is 19.4 Å². The number of carbonyl (C=O) groups is 1. The number of nitrogens with zero attached hydrogens (tertiary/aromatic N) is 1. The van der Waals surface area contributed by atoms with E-state index in [-0.39, 0.29) is 12.5 Å². The lowest BCUT2D eigenvalue weighted by Crippen LogP contribution is -2.45. The van der Waals surface area contributed by atoms with Crippen LogP contribution >= 0.6 is 7.82 Å². The van der Waals surface area contributed by atoms with Gasteiger partial charge in [-0.2, -0.15) is 0 Å². The number of aliphatic hydroxyl groups excluding tert-OH is 1. The van der Waals surface area contributed by atoms with Crippen molar-refractivity contribution in [3.8, 4) is 0 Å². The van der Waals surface area contributed by atoms with Crippen molar-refractivity contribution < 1.29 is 32.9 Å². The van der Waals surface area contributed by atoms with Gasteiger partial charge in [0.2, 0.25) is 5.91 Å². The van der Waals surface area contributed by atoms with Crippen molar-refractivity contribution in [1.29, 1.82) is 0 Å². The summed E-state index contributed by atoms with van der Waals surface area (Å²) < 4.78 is 23.4. The molecule has 0 aromatic carbocycles. The number of quaternary nitrogens is 1. The highest BCUT2D eigenvalue weighted by molar-refractivity contribution is 7.45. The van der Waals surface area contributed by atoms with Crippen LogP contribution in [0.5, 0.6) is 0 Å². The Balaban J connectivity index is 4.17. The summed E-state index contributed by atoms with van der Waals surface area (Å²) in [7, 11) is 1.21. The van der Waals surface area contributed by atoms with Gasteiger partial charge < -0.3 is 28.8 Å². The van der Waals surface area contributed by atoms with Crippen LogP contribution in [-0.4, -0.2) is 68.5 Å².